The summed E-state index contributed by atoms with van der Waals surface area (Å²) in [5.41, 5.74) is 2.01. The van der Waals surface area contributed by atoms with Crippen molar-refractivity contribution in [3.8, 4) is 11.5 Å². The molecule has 1 aliphatic heterocycles. The van der Waals surface area contributed by atoms with Crippen LogP contribution in [0, 0.1) is 0 Å². The van der Waals surface area contributed by atoms with E-state index in [1.54, 1.807) is 7.11 Å². The molecule has 0 aromatic heterocycles. The van der Waals surface area contributed by atoms with Crippen molar-refractivity contribution >= 4 is 0 Å². The first-order valence-electron chi connectivity index (χ1n) is 9.27. The molecule has 3 atom stereocenters. The third-order valence-electron chi connectivity index (χ3n) is 4.73. The summed E-state index contributed by atoms with van der Waals surface area (Å²) in [5.74, 6) is 1.57. The zero-order chi connectivity index (χ0) is 19.4. The maximum Gasteiger partial charge on any atom is 0.145 e. The summed E-state index contributed by atoms with van der Waals surface area (Å²) in [6.45, 7) is 6.30. The number of benzene rings is 2. The number of ether oxygens (including phenoxy) is 3. The van der Waals surface area contributed by atoms with Crippen LogP contribution in [0.15, 0.2) is 60.7 Å². The van der Waals surface area contributed by atoms with Gasteiger partial charge >= 0.3 is 0 Å². The lowest BCUT2D eigenvalue weighted by Gasteiger charge is -2.33. The predicted molar refractivity (Wildman–Crippen MR) is 106 cm³/mol. The number of rotatable bonds is 5. The van der Waals surface area contributed by atoms with Crippen molar-refractivity contribution in [3.63, 3.8) is 0 Å². The largest absolute Gasteiger partial charge is 0.497 e. The number of hydrogen-bond acceptors (Lipinski definition) is 4. The van der Waals surface area contributed by atoms with E-state index in [0.29, 0.717) is 0 Å². The fraction of sp³-hybridized carbons (Fsp3) is 0.391. The molecule has 4 heteroatoms. The van der Waals surface area contributed by atoms with Gasteiger partial charge in [0.1, 0.15) is 29.8 Å². The van der Waals surface area contributed by atoms with E-state index >= 15 is 0 Å². The van der Waals surface area contributed by atoms with E-state index in [9.17, 15) is 5.11 Å². The van der Waals surface area contributed by atoms with Crippen molar-refractivity contribution in [2.45, 2.75) is 44.5 Å². The minimum absolute atomic E-state index is 0.107. The van der Waals surface area contributed by atoms with Crippen LogP contribution in [0.3, 0.4) is 0 Å². The maximum absolute atomic E-state index is 9.86. The smallest absolute Gasteiger partial charge is 0.145 e. The summed E-state index contributed by atoms with van der Waals surface area (Å²) in [5, 5.41) is 9.86. The molecule has 3 rings (SSSR count). The Morgan fingerprint density at radius 1 is 1.04 bits per heavy atom. The monoisotopic (exact) mass is 368 g/mol. The molecule has 1 heterocycles. The van der Waals surface area contributed by atoms with Crippen LogP contribution in [-0.2, 0) is 10.2 Å². The van der Waals surface area contributed by atoms with Crippen LogP contribution in [0.5, 0.6) is 11.5 Å². The summed E-state index contributed by atoms with van der Waals surface area (Å²) in [7, 11) is 1.66. The number of aliphatic hydroxyl groups excluding tert-OH is 1. The fourth-order valence-electron chi connectivity index (χ4n) is 3.21. The van der Waals surface area contributed by atoms with Crippen LogP contribution in [0.1, 0.15) is 38.0 Å². The van der Waals surface area contributed by atoms with E-state index in [0.717, 1.165) is 22.6 Å². The van der Waals surface area contributed by atoms with Crippen molar-refractivity contribution in [2.24, 2.45) is 0 Å². The Bertz CT molecular complexity index is 777. The molecule has 27 heavy (non-hydrogen) atoms. The molecule has 0 saturated carbocycles. The van der Waals surface area contributed by atoms with Gasteiger partial charge in [-0.25, -0.2) is 0 Å². The van der Waals surface area contributed by atoms with Crippen LogP contribution in [-0.4, -0.2) is 31.0 Å². The lowest BCUT2D eigenvalue weighted by atomic mass is 9.86. The quantitative estimate of drug-likeness (QED) is 0.793. The fourth-order valence-corrected chi connectivity index (χ4v) is 3.21. The average Bonchev–Trinajstić information content (AvgIpc) is 2.68. The Balaban J connectivity index is 1.85. The Kier molecular flexibility index (Phi) is 5.88. The molecule has 2 aromatic rings. The van der Waals surface area contributed by atoms with Crippen molar-refractivity contribution < 1.29 is 19.3 Å². The van der Waals surface area contributed by atoms with Crippen LogP contribution >= 0.6 is 0 Å². The summed E-state index contributed by atoms with van der Waals surface area (Å²) in [4.78, 5) is 0. The highest BCUT2D eigenvalue weighted by atomic mass is 16.6. The molecule has 4 nitrogen and oxygen atoms in total. The van der Waals surface area contributed by atoms with E-state index in [1.807, 2.05) is 60.7 Å². The molecule has 0 unspecified atom stereocenters. The van der Waals surface area contributed by atoms with Gasteiger partial charge in [0.25, 0.3) is 0 Å². The van der Waals surface area contributed by atoms with Gasteiger partial charge < -0.3 is 19.3 Å². The third kappa shape index (κ3) is 4.52. The Labute approximate surface area is 161 Å². The molecule has 144 valence electrons. The lowest BCUT2D eigenvalue weighted by molar-refractivity contribution is -0.0734. The Hall–Kier alpha value is -2.30. The molecule has 0 amide bonds. The SMILES string of the molecule is COc1ccc(O[C@H]2C=C[C@@H](c3ccccc3)O[C@@H]2CO)c(C(C)(C)C)c1. The molecule has 2 aromatic carbocycles. The first-order chi connectivity index (χ1) is 12.9. The van der Waals surface area contributed by atoms with Crippen molar-refractivity contribution in [1.82, 2.24) is 0 Å². The van der Waals surface area contributed by atoms with Crippen molar-refractivity contribution in [2.75, 3.05) is 13.7 Å². The molecule has 0 fully saturated rings. The van der Waals surface area contributed by atoms with Gasteiger partial charge in [0.15, 0.2) is 0 Å². The number of aliphatic hydroxyl groups is 1. The molecule has 0 bridgehead atoms. The second-order valence-electron chi connectivity index (χ2n) is 7.77. The van der Waals surface area contributed by atoms with E-state index < -0.39 is 6.10 Å². The van der Waals surface area contributed by atoms with Crippen LogP contribution in [0.25, 0.3) is 0 Å². The molecule has 1 N–H and O–H groups in total. The van der Waals surface area contributed by atoms with Crippen LogP contribution < -0.4 is 9.47 Å². The highest BCUT2D eigenvalue weighted by molar-refractivity contribution is 5.44. The molecular weight excluding hydrogens is 340 g/mol. The minimum atomic E-state index is -0.435. The first-order valence-corrected chi connectivity index (χ1v) is 9.27. The van der Waals surface area contributed by atoms with Gasteiger partial charge in [0, 0.05) is 5.56 Å². The maximum atomic E-state index is 9.86. The number of methoxy groups -OCH3 is 1. The lowest BCUT2D eigenvalue weighted by Crippen LogP contribution is -2.39. The highest BCUT2D eigenvalue weighted by Crippen LogP contribution is 2.36. The second-order valence-corrected chi connectivity index (χ2v) is 7.77. The van der Waals surface area contributed by atoms with Gasteiger partial charge in [-0.15, -0.1) is 0 Å². The minimum Gasteiger partial charge on any atom is -0.497 e. The van der Waals surface area contributed by atoms with Gasteiger partial charge in [-0.2, -0.15) is 0 Å². The highest BCUT2D eigenvalue weighted by Gasteiger charge is 2.30. The van der Waals surface area contributed by atoms with Crippen LogP contribution in [0.2, 0.25) is 0 Å². The number of hydrogen-bond donors (Lipinski definition) is 1. The summed E-state index contributed by atoms with van der Waals surface area (Å²) in [6.07, 6.45) is 3.01. The Morgan fingerprint density at radius 3 is 2.41 bits per heavy atom. The topological polar surface area (TPSA) is 47.9 Å². The first kappa shape index (κ1) is 19.5. The molecule has 0 saturated heterocycles. The van der Waals surface area contributed by atoms with Gasteiger partial charge in [-0.3, -0.25) is 0 Å². The molecule has 0 radical (unpaired) electrons. The normalized spacial score (nSPS) is 22.5. The van der Waals surface area contributed by atoms with E-state index in [2.05, 4.69) is 20.8 Å². The Morgan fingerprint density at radius 2 is 1.78 bits per heavy atom. The van der Waals surface area contributed by atoms with E-state index in [-0.39, 0.29) is 24.2 Å². The van der Waals surface area contributed by atoms with Gasteiger partial charge in [-0.1, -0.05) is 57.2 Å². The summed E-state index contributed by atoms with van der Waals surface area (Å²) >= 11 is 0. The standard InChI is InChI=1S/C23H28O4/c1-23(2,3)18-14-17(25-4)10-11-20(18)27-21-13-12-19(26-22(21)15-24)16-8-6-5-7-9-16/h5-14,19,21-22,24H,15H2,1-4H3/t19-,21-,22+/m0/s1. The molecule has 0 spiro atoms. The zero-order valence-electron chi connectivity index (χ0n) is 16.4. The van der Waals surface area contributed by atoms with Gasteiger partial charge in [0.05, 0.1) is 13.7 Å². The predicted octanol–water partition coefficient (Wildman–Crippen LogP) is 4.43. The summed E-state index contributed by atoms with van der Waals surface area (Å²) in [6, 6.07) is 15.8. The van der Waals surface area contributed by atoms with E-state index in [4.69, 9.17) is 14.2 Å². The van der Waals surface area contributed by atoms with Gasteiger partial charge in [0.2, 0.25) is 0 Å². The zero-order valence-corrected chi connectivity index (χ0v) is 16.4. The van der Waals surface area contributed by atoms with Gasteiger partial charge in [-0.05, 0) is 35.3 Å². The third-order valence-corrected chi connectivity index (χ3v) is 4.73. The van der Waals surface area contributed by atoms with Crippen molar-refractivity contribution in [1.29, 1.82) is 0 Å². The average molecular weight is 368 g/mol. The second kappa shape index (κ2) is 8.15. The van der Waals surface area contributed by atoms with Crippen molar-refractivity contribution in [3.05, 3.63) is 71.8 Å². The van der Waals surface area contributed by atoms with Crippen LogP contribution in [0.4, 0.5) is 0 Å². The van der Waals surface area contributed by atoms with E-state index in [1.165, 1.54) is 0 Å². The molecule has 1 aliphatic rings. The molecule has 0 aliphatic carbocycles. The summed E-state index contributed by atoms with van der Waals surface area (Å²) < 4.78 is 17.7. The molecular formula is C23H28O4.